The van der Waals surface area contributed by atoms with Crippen molar-refractivity contribution >= 4 is 72.7 Å². The summed E-state index contributed by atoms with van der Waals surface area (Å²) in [6.45, 7) is -0.122. The lowest BCUT2D eigenvalue weighted by Crippen LogP contribution is -2.57. The zero-order valence-electron chi connectivity index (χ0n) is 34.2. The first-order valence-electron chi connectivity index (χ1n) is 21.5. The molecule has 3 heterocycles. The van der Waals surface area contributed by atoms with Crippen LogP contribution in [0.3, 0.4) is 0 Å². The molecule has 0 fully saturated rings. The molecule has 0 saturated carbocycles. The van der Waals surface area contributed by atoms with Crippen molar-refractivity contribution in [2.24, 2.45) is 0 Å². The maximum atomic E-state index is 7.42. The maximum absolute atomic E-state index is 7.42. The van der Waals surface area contributed by atoms with Crippen LogP contribution in [0, 0.1) is 0 Å². The number of anilines is 3. The van der Waals surface area contributed by atoms with Crippen LogP contribution in [0.25, 0.3) is 60.5 Å². The SMILES string of the molecule is c1ccc(-c2ccc3c(c2)Oc2cc4c5c6ccccc6c(N(c6ccccc6)c6ccccc6)cc5n(-c5ccccc5)c4c4c2B3c2ccc(-c3ccccc3)cc2O4)cc1. The van der Waals surface area contributed by atoms with Gasteiger partial charge in [-0.2, -0.15) is 0 Å². The number of para-hydroxylation sites is 3. The number of benzene rings is 10. The van der Waals surface area contributed by atoms with E-state index in [1.165, 1.54) is 0 Å². The molecule has 0 bridgehead atoms. The van der Waals surface area contributed by atoms with Crippen LogP contribution in [0.5, 0.6) is 23.0 Å². The Kier molecular flexibility index (Phi) is 7.97. The van der Waals surface area contributed by atoms with Crippen LogP contribution in [-0.2, 0) is 0 Å². The Morgan fingerprint density at radius 3 is 1.49 bits per heavy atom. The minimum Gasteiger partial charge on any atom is -0.458 e. The Labute approximate surface area is 365 Å². The molecule has 11 aromatic rings. The fourth-order valence-electron chi connectivity index (χ4n) is 10.1. The molecule has 10 aromatic carbocycles. The van der Waals surface area contributed by atoms with Crippen molar-refractivity contribution in [1.29, 1.82) is 0 Å². The average Bonchev–Trinajstić information content (AvgIpc) is 3.69. The van der Waals surface area contributed by atoms with Gasteiger partial charge in [0.05, 0.1) is 16.7 Å². The normalized spacial score (nSPS) is 12.3. The lowest BCUT2D eigenvalue weighted by Gasteiger charge is -2.34. The molecule has 13 rings (SSSR count). The van der Waals surface area contributed by atoms with Crippen LogP contribution in [-0.4, -0.2) is 11.3 Å². The third kappa shape index (κ3) is 5.56. The van der Waals surface area contributed by atoms with E-state index < -0.39 is 0 Å². The summed E-state index contributed by atoms with van der Waals surface area (Å²) >= 11 is 0. The predicted octanol–water partition coefficient (Wildman–Crippen LogP) is 13.5. The van der Waals surface area contributed by atoms with Crippen LogP contribution in [0.2, 0.25) is 0 Å². The van der Waals surface area contributed by atoms with Crippen LogP contribution in [0.15, 0.2) is 224 Å². The molecule has 5 heteroatoms. The third-order valence-corrected chi connectivity index (χ3v) is 12.9. The van der Waals surface area contributed by atoms with E-state index in [2.05, 4.69) is 234 Å². The van der Waals surface area contributed by atoms with Crippen LogP contribution < -0.4 is 30.8 Å². The first kappa shape index (κ1) is 35.5. The van der Waals surface area contributed by atoms with Crippen molar-refractivity contribution in [3.8, 4) is 50.9 Å². The first-order chi connectivity index (χ1) is 31.3. The first-order valence-corrected chi connectivity index (χ1v) is 21.5. The predicted molar refractivity (Wildman–Crippen MR) is 262 cm³/mol. The molecule has 4 nitrogen and oxygen atoms in total. The molecule has 0 unspecified atom stereocenters. The van der Waals surface area contributed by atoms with Gasteiger partial charge in [0.2, 0.25) is 0 Å². The standard InChI is InChI=1S/C58H37BN2O2/c1-6-18-38(19-7-1)40-30-32-48-52(34-40)62-54-36-47-55-46-29-17-16-28-45(46)50(60(42-22-10-3-11-23-42)43-24-12-4-13-25-43)37-51(55)61(44-26-14-5-15-27-44)57(47)58-56(54)59(48)49-33-31-41(35-53(49)63-58)39-20-8-2-9-21-39/h1-37H. The summed E-state index contributed by atoms with van der Waals surface area (Å²) in [5, 5.41) is 4.51. The van der Waals surface area contributed by atoms with E-state index in [0.29, 0.717) is 0 Å². The molecule has 0 atom stereocenters. The molecule has 0 radical (unpaired) electrons. The van der Waals surface area contributed by atoms with Gasteiger partial charge < -0.3 is 18.9 Å². The third-order valence-electron chi connectivity index (χ3n) is 12.9. The quantitative estimate of drug-likeness (QED) is 0.157. The molecule has 294 valence electrons. The van der Waals surface area contributed by atoms with Gasteiger partial charge in [0, 0.05) is 38.7 Å². The molecule has 0 N–H and O–H groups in total. The largest absolute Gasteiger partial charge is 0.458 e. The fourth-order valence-corrected chi connectivity index (χ4v) is 10.1. The Morgan fingerprint density at radius 1 is 0.397 bits per heavy atom. The lowest BCUT2D eigenvalue weighted by atomic mass is 9.34. The minimum absolute atomic E-state index is 0.122. The highest BCUT2D eigenvalue weighted by molar-refractivity contribution is 6.98. The van der Waals surface area contributed by atoms with Gasteiger partial charge >= 0.3 is 0 Å². The molecular weight excluding hydrogens is 767 g/mol. The molecule has 0 aliphatic carbocycles. The number of fused-ring (bicyclic) bond motifs is 10. The molecule has 63 heavy (non-hydrogen) atoms. The van der Waals surface area contributed by atoms with E-state index in [4.69, 9.17) is 9.47 Å². The van der Waals surface area contributed by atoms with E-state index in [9.17, 15) is 0 Å². The van der Waals surface area contributed by atoms with E-state index >= 15 is 0 Å². The van der Waals surface area contributed by atoms with Crippen molar-refractivity contribution in [3.63, 3.8) is 0 Å². The van der Waals surface area contributed by atoms with Crippen molar-refractivity contribution < 1.29 is 9.47 Å². The second-order valence-corrected chi connectivity index (χ2v) is 16.4. The Balaban J connectivity index is 1.15. The second kappa shape index (κ2) is 14.2. The van der Waals surface area contributed by atoms with Gasteiger partial charge in [0.1, 0.15) is 17.2 Å². The summed E-state index contributed by atoms with van der Waals surface area (Å²) in [6, 6.07) is 80.0. The van der Waals surface area contributed by atoms with Crippen LogP contribution in [0.4, 0.5) is 17.1 Å². The molecule has 1 aromatic heterocycles. The highest BCUT2D eigenvalue weighted by atomic mass is 16.5. The van der Waals surface area contributed by atoms with Crippen molar-refractivity contribution in [1.82, 2.24) is 4.57 Å². The molecular formula is C58H37BN2O2. The lowest BCUT2D eigenvalue weighted by molar-refractivity contribution is 0.468. The number of ether oxygens (including phenoxy) is 2. The number of nitrogens with zero attached hydrogens (tertiary/aromatic N) is 2. The number of rotatable bonds is 6. The minimum atomic E-state index is -0.122. The van der Waals surface area contributed by atoms with Gasteiger partial charge in [0.15, 0.2) is 5.75 Å². The zero-order chi connectivity index (χ0) is 41.4. The van der Waals surface area contributed by atoms with Gasteiger partial charge in [-0.05, 0) is 99.2 Å². The highest BCUT2D eigenvalue weighted by Gasteiger charge is 2.42. The van der Waals surface area contributed by atoms with E-state index in [1.54, 1.807) is 0 Å². The van der Waals surface area contributed by atoms with E-state index in [0.717, 1.165) is 117 Å². The monoisotopic (exact) mass is 804 g/mol. The summed E-state index contributed by atoms with van der Waals surface area (Å²) in [6.07, 6.45) is 0. The Bertz CT molecular complexity index is 3510. The van der Waals surface area contributed by atoms with Gasteiger partial charge in [0.25, 0.3) is 6.71 Å². The topological polar surface area (TPSA) is 26.6 Å². The Morgan fingerprint density at radius 2 is 0.905 bits per heavy atom. The van der Waals surface area contributed by atoms with E-state index in [-0.39, 0.29) is 6.71 Å². The molecule has 2 aliphatic heterocycles. The molecule has 0 amide bonds. The number of hydrogen-bond donors (Lipinski definition) is 0. The maximum Gasteiger partial charge on any atom is 0.260 e. The average molecular weight is 805 g/mol. The number of aromatic nitrogens is 1. The smallest absolute Gasteiger partial charge is 0.260 e. The van der Waals surface area contributed by atoms with Crippen LogP contribution >= 0.6 is 0 Å². The Hall–Kier alpha value is -8.28. The van der Waals surface area contributed by atoms with Crippen molar-refractivity contribution in [3.05, 3.63) is 224 Å². The van der Waals surface area contributed by atoms with Gasteiger partial charge in [-0.3, -0.25) is 0 Å². The van der Waals surface area contributed by atoms with Gasteiger partial charge in [-0.15, -0.1) is 0 Å². The number of hydrogen-bond acceptors (Lipinski definition) is 3. The van der Waals surface area contributed by atoms with E-state index in [1.807, 2.05) is 0 Å². The van der Waals surface area contributed by atoms with Crippen molar-refractivity contribution in [2.45, 2.75) is 0 Å². The summed E-state index contributed by atoms with van der Waals surface area (Å²) in [5.41, 5.74) is 14.2. The van der Waals surface area contributed by atoms with Gasteiger partial charge in [-0.25, -0.2) is 0 Å². The summed E-state index contributed by atoms with van der Waals surface area (Å²) in [4.78, 5) is 2.38. The summed E-state index contributed by atoms with van der Waals surface area (Å²) in [7, 11) is 0. The second-order valence-electron chi connectivity index (χ2n) is 16.4. The fraction of sp³-hybridized carbons (Fsp3) is 0. The zero-order valence-corrected chi connectivity index (χ0v) is 34.2. The summed E-state index contributed by atoms with van der Waals surface area (Å²) < 4.78 is 17.0. The van der Waals surface area contributed by atoms with Crippen molar-refractivity contribution in [2.75, 3.05) is 4.90 Å². The molecule has 0 spiro atoms. The summed E-state index contributed by atoms with van der Waals surface area (Å²) in [5.74, 6) is 3.34. The molecule has 2 aliphatic rings. The van der Waals surface area contributed by atoms with Crippen LogP contribution in [0.1, 0.15) is 0 Å². The molecule has 0 saturated heterocycles. The highest BCUT2D eigenvalue weighted by Crippen LogP contribution is 2.50. The van der Waals surface area contributed by atoms with Gasteiger partial charge in [-0.1, -0.05) is 164 Å².